The number of ether oxygens (including phenoxy) is 1. The van der Waals surface area contributed by atoms with Crippen molar-refractivity contribution in [3.8, 4) is 5.75 Å². The average Bonchev–Trinajstić information content (AvgIpc) is 2.87. The molecule has 0 bridgehead atoms. The Morgan fingerprint density at radius 3 is 2.68 bits per heavy atom. The maximum atomic E-state index is 14.2. The number of para-hydroxylation sites is 1. The second-order valence-corrected chi connectivity index (χ2v) is 6.42. The Balaban J connectivity index is 1.96. The normalized spacial score (nSPS) is 20.2. The van der Waals surface area contributed by atoms with Gasteiger partial charge < -0.3 is 9.84 Å². The van der Waals surface area contributed by atoms with E-state index in [2.05, 4.69) is 4.99 Å². The van der Waals surface area contributed by atoms with Crippen LogP contribution in [0.4, 0.5) is 19.3 Å². The van der Waals surface area contributed by atoms with Crippen LogP contribution in [0.25, 0.3) is 0 Å². The van der Waals surface area contributed by atoms with Crippen LogP contribution in [0.5, 0.6) is 5.75 Å². The van der Waals surface area contributed by atoms with Gasteiger partial charge in [-0.3, -0.25) is 15.0 Å². The molecule has 28 heavy (non-hydrogen) atoms. The van der Waals surface area contributed by atoms with Crippen LogP contribution in [-0.2, 0) is 4.79 Å². The van der Waals surface area contributed by atoms with Gasteiger partial charge in [-0.25, -0.2) is 18.6 Å². The van der Waals surface area contributed by atoms with E-state index in [4.69, 9.17) is 9.84 Å². The fourth-order valence-corrected chi connectivity index (χ4v) is 3.27. The van der Waals surface area contributed by atoms with Crippen LogP contribution in [0.15, 0.2) is 53.5 Å². The number of carbonyl (C=O) groups is 2. The number of anilines is 1. The zero-order valence-corrected chi connectivity index (χ0v) is 14.4. The topological polar surface area (TPSA) is 91.2 Å². The van der Waals surface area contributed by atoms with Crippen LogP contribution < -0.4 is 15.0 Å². The molecule has 9 heteroatoms. The Morgan fingerprint density at radius 1 is 1.21 bits per heavy atom. The van der Waals surface area contributed by atoms with Gasteiger partial charge in [0.05, 0.1) is 17.9 Å². The van der Waals surface area contributed by atoms with Crippen molar-refractivity contribution in [3.63, 3.8) is 0 Å². The number of carboxylic acid groups (broad SMARTS) is 1. The van der Waals surface area contributed by atoms with E-state index in [0.717, 1.165) is 4.90 Å². The molecule has 2 amide bonds. The van der Waals surface area contributed by atoms with Crippen molar-refractivity contribution in [2.24, 2.45) is 4.99 Å². The summed E-state index contributed by atoms with van der Waals surface area (Å²) in [6.07, 6.45) is -3.06. The molecule has 2 aliphatic heterocycles. The lowest BCUT2D eigenvalue weighted by Gasteiger charge is -2.25. The molecule has 4 rings (SSSR count). The van der Waals surface area contributed by atoms with Crippen molar-refractivity contribution in [1.82, 2.24) is 5.32 Å². The minimum atomic E-state index is -3.31. The van der Waals surface area contributed by atoms with Gasteiger partial charge in [0.2, 0.25) is 6.17 Å². The summed E-state index contributed by atoms with van der Waals surface area (Å²) >= 11 is 0. The lowest BCUT2D eigenvalue weighted by Crippen LogP contribution is -2.50. The second kappa shape index (κ2) is 6.59. The zero-order valence-electron chi connectivity index (χ0n) is 14.4. The highest BCUT2D eigenvalue weighted by Gasteiger charge is 2.44. The van der Waals surface area contributed by atoms with Crippen LogP contribution in [-0.4, -0.2) is 48.1 Å². The number of halogens is 2. The van der Waals surface area contributed by atoms with Crippen molar-refractivity contribution >= 4 is 23.4 Å². The van der Waals surface area contributed by atoms with Gasteiger partial charge in [0.1, 0.15) is 5.75 Å². The molecule has 2 aromatic rings. The van der Waals surface area contributed by atoms with Gasteiger partial charge in [-0.05, 0) is 6.07 Å². The molecule has 2 N–H and O–H groups in total. The van der Waals surface area contributed by atoms with Crippen LogP contribution in [0, 0.1) is 0 Å². The van der Waals surface area contributed by atoms with Crippen molar-refractivity contribution in [1.29, 1.82) is 0 Å². The summed E-state index contributed by atoms with van der Waals surface area (Å²) in [5.41, 5.74) is 1.48. The molecule has 0 aliphatic carbocycles. The maximum Gasteiger partial charge on any atom is 0.406 e. The summed E-state index contributed by atoms with van der Waals surface area (Å²) in [4.78, 5) is 29.3. The van der Waals surface area contributed by atoms with Crippen molar-refractivity contribution in [2.75, 3.05) is 18.1 Å². The zero-order chi connectivity index (χ0) is 19.9. The monoisotopic (exact) mass is 387 g/mol. The van der Waals surface area contributed by atoms with E-state index < -0.39 is 37.2 Å². The molecule has 0 radical (unpaired) electrons. The van der Waals surface area contributed by atoms with Crippen LogP contribution in [0.3, 0.4) is 0 Å². The van der Waals surface area contributed by atoms with Gasteiger partial charge in [0.25, 0.3) is 11.8 Å². The summed E-state index contributed by atoms with van der Waals surface area (Å²) in [5.74, 6) is -4.09. The minimum Gasteiger partial charge on any atom is -0.485 e. The quantitative estimate of drug-likeness (QED) is 0.828. The molecule has 2 aliphatic rings. The molecule has 2 aromatic carbocycles. The first-order chi connectivity index (χ1) is 13.4. The predicted molar refractivity (Wildman–Crippen MR) is 96.3 cm³/mol. The Labute approximate surface area is 158 Å². The third-order valence-corrected chi connectivity index (χ3v) is 4.42. The molecule has 2 heterocycles. The summed E-state index contributed by atoms with van der Waals surface area (Å²) in [7, 11) is 0. The molecule has 1 atom stereocenters. The predicted octanol–water partition coefficient (Wildman–Crippen LogP) is 2.49. The molecule has 0 aromatic heterocycles. The van der Waals surface area contributed by atoms with Gasteiger partial charge >= 0.3 is 6.09 Å². The summed E-state index contributed by atoms with van der Waals surface area (Å²) in [6, 6.07) is 13.5. The molecule has 0 saturated carbocycles. The average molecular weight is 387 g/mol. The lowest BCUT2D eigenvalue weighted by atomic mass is 9.99. The third kappa shape index (κ3) is 3.15. The Morgan fingerprint density at radius 2 is 1.96 bits per heavy atom. The van der Waals surface area contributed by atoms with E-state index in [9.17, 15) is 18.4 Å². The van der Waals surface area contributed by atoms with E-state index in [1.165, 1.54) is 6.07 Å². The number of benzene rings is 2. The first-order valence-electron chi connectivity index (χ1n) is 8.44. The van der Waals surface area contributed by atoms with Gasteiger partial charge in [-0.15, -0.1) is 0 Å². The fraction of sp³-hybridized carbons (Fsp3) is 0.211. The molecule has 0 saturated heterocycles. The number of hydrogen-bond donors (Lipinski definition) is 2. The van der Waals surface area contributed by atoms with Crippen LogP contribution >= 0.6 is 0 Å². The van der Waals surface area contributed by atoms with E-state index >= 15 is 0 Å². The summed E-state index contributed by atoms with van der Waals surface area (Å²) in [5, 5.41) is 11.1. The van der Waals surface area contributed by atoms with Crippen LogP contribution in [0.1, 0.15) is 11.1 Å². The molecule has 1 unspecified atom stereocenters. The number of alkyl halides is 2. The van der Waals surface area contributed by atoms with E-state index in [-0.39, 0.29) is 11.4 Å². The van der Waals surface area contributed by atoms with Gasteiger partial charge in [0, 0.05) is 11.1 Å². The van der Waals surface area contributed by atoms with Crippen molar-refractivity contribution in [2.45, 2.75) is 12.1 Å². The van der Waals surface area contributed by atoms with E-state index in [1.807, 2.05) is 5.32 Å². The highest BCUT2D eigenvalue weighted by atomic mass is 19.3. The SMILES string of the molecule is O=C(O)NC1N=C(c2ccccc2)c2cccc3c2N(CC(F)(F)CO3)C1=O. The molecule has 7 nitrogen and oxygen atoms in total. The molecule has 0 fully saturated rings. The van der Waals surface area contributed by atoms with Gasteiger partial charge in [-0.1, -0.05) is 42.5 Å². The highest BCUT2D eigenvalue weighted by Crippen LogP contribution is 2.40. The number of aliphatic imine (C=N–C) groups is 1. The second-order valence-electron chi connectivity index (χ2n) is 6.42. The number of nitrogens with zero attached hydrogens (tertiary/aromatic N) is 2. The minimum absolute atomic E-state index is 0.114. The first-order valence-corrected chi connectivity index (χ1v) is 8.44. The largest absolute Gasteiger partial charge is 0.485 e. The Hall–Kier alpha value is -3.49. The van der Waals surface area contributed by atoms with E-state index in [1.54, 1.807) is 42.5 Å². The molecule has 0 spiro atoms. The smallest absolute Gasteiger partial charge is 0.406 e. The number of amides is 2. The molecular formula is C19H15F2N3O4. The van der Waals surface area contributed by atoms with E-state index in [0.29, 0.717) is 16.8 Å². The number of hydrogen-bond acceptors (Lipinski definition) is 4. The number of rotatable bonds is 2. The van der Waals surface area contributed by atoms with Crippen LogP contribution in [0.2, 0.25) is 0 Å². The highest BCUT2D eigenvalue weighted by molar-refractivity contribution is 6.21. The fourth-order valence-electron chi connectivity index (χ4n) is 3.27. The van der Waals surface area contributed by atoms with Gasteiger partial charge in [-0.2, -0.15) is 0 Å². The summed E-state index contributed by atoms with van der Waals surface area (Å²) in [6.45, 7) is -1.83. The van der Waals surface area contributed by atoms with Crippen molar-refractivity contribution < 1.29 is 28.2 Å². The third-order valence-electron chi connectivity index (χ3n) is 4.42. The number of nitrogens with one attached hydrogen (secondary N) is 1. The Bertz CT molecular complexity index is 978. The Kier molecular flexibility index (Phi) is 4.21. The standard InChI is InChI=1S/C19H15F2N3O4/c20-19(21)9-24-15-12(7-4-8-13(15)28-10-19)14(11-5-2-1-3-6-11)22-16(17(24)25)23-18(26)27/h1-8,16,23H,9-10H2,(H,26,27). The maximum absolute atomic E-state index is 14.2. The number of carbonyl (C=O) groups excluding carboxylic acids is 1. The van der Waals surface area contributed by atoms with Gasteiger partial charge in [0.15, 0.2) is 6.61 Å². The molecule has 144 valence electrons. The van der Waals surface area contributed by atoms with Crippen molar-refractivity contribution in [3.05, 3.63) is 59.7 Å². The lowest BCUT2D eigenvalue weighted by molar-refractivity contribution is -0.121. The summed E-state index contributed by atoms with van der Waals surface area (Å²) < 4.78 is 33.8. The molecular weight excluding hydrogens is 372 g/mol. The first kappa shape index (κ1) is 17.9.